The van der Waals surface area contributed by atoms with Crippen molar-refractivity contribution in [3.8, 4) is 17.2 Å². The van der Waals surface area contributed by atoms with E-state index in [1.807, 2.05) is 0 Å². The van der Waals surface area contributed by atoms with Crippen LogP contribution in [-0.4, -0.2) is 35.8 Å². The van der Waals surface area contributed by atoms with Gasteiger partial charge in [0.1, 0.15) is 24.7 Å². The zero-order chi connectivity index (χ0) is 28.7. The lowest BCUT2D eigenvalue weighted by molar-refractivity contribution is -0.253. The maximum absolute atomic E-state index is 13.1. The van der Waals surface area contributed by atoms with E-state index in [4.69, 9.17) is 19.8 Å². The second-order valence-corrected chi connectivity index (χ2v) is 10.2. The largest absolute Gasteiger partial charge is 0.508 e. The van der Waals surface area contributed by atoms with E-state index in [9.17, 15) is 28.2 Å². The van der Waals surface area contributed by atoms with Gasteiger partial charge in [-0.3, -0.25) is 5.26 Å². The molecule has 0 aromatic heterocycles. The van der Waals surface area contributed by atoms with Crippen molar-refractivity contribution in [1.29, 1.82) is 0 Å². The van der Waals surface area contributed by atoms with Gasteiger partial charge in [0.25, 0.3) is 0 Å². The summed E-state index contributed by atoms with van der Waals surface area (Å²) in [7, 11) is -3.94. The zero-order valence-corrected chi connectivity index (χ0v) is 21.4. The highest BCUT2D eigenvalue weighted by molar-refractivity contribution is 7.91. The molecule has 12 heteroatoms. The summed E-state index contributed by atoms with van der Waals surface area (Å²) in [5.41, 5.74) is 0.717. The van der Waals surface area contributed by atoms with Crippen molar-refractivity contribution in [2.24, 2.45) is 0 Å². The monoisotopic (exact) mass is 566 g/mol. The second-order valence-electron chi connectivity index (χ2n) is 8.26. The van der Waals surface area contributed by atoms with Crippen LogP contribution in [0.3, 0.4) is 0 Å². The fourth-order valence-electron chi connectivity index (χ4n) is 3.62. The molecule has 0 atom stereocenters. The Morgan fingerprint density at radius 3 is 1.88 bits per heavy atom. The Hall–Kier alpha value is -4.75. The van der Waals surface area contributed by atoms with Gasteiger partial charge >= 0.3 is 11.9 Å². The molecule has 0 saturated carbocycles. The van der Waals surface area contributed by atoms with Gasteiger partial charge in [-0.2, -0.15) is 4.89 Å². The van der Waals surface area contributed by atoms with Gasteiger partial charge in [0.05, 0.1) is 20.9 Å². The van der Waals surface area contributed by atoms with Crippen LogP contribution in [0.2, 0.25) is 0 Å². The molecule has 0 amide bonds. The first-order chi connectivity index (χ1) is 19.2. The number of hydrogen-bond donors (Lipinski definition) is 3. The quantitative estimate of drug-likeness (QED) is 0.100. The Labute approximate surface area is 228 Å². The van der Waals surface area contributed by atoms with Crippen LogP contribution in [0.4, 0.5) is 0 Å². The second kappa shape index (κ2) is 12.4. The summed E-state index contributed by atoms with van der Waals surface area (Å²) in [6.45, 7) is 0.0400. The van der Waals surface area contributed by atoms with Crippen LogP contribution in [0.15, 0.2) is 101 Å². The van der Waals surface area contributed by atoms with E-state index in [-0.39, 0.29) is 51.4 Å². The van der Waals surface area contributed by atoms with Gasteiger partial charge in [-0.15, -0.1) is 0 Å². The number of carbonyl (C=O) groups excluding carboxylic acids is 1. The van der Waals surface area contributed by atoms with E-state index in [0.29, 0.717) is 5.56 Å². The fraction of sp³-hybridized carbons (Fsp3) is 0.0714. The maximum atomic E-state index is 13.1. The molecule has 0 aliphatic rings. The number of aromatic hydroxyl groups is 1. The van der Waals surface area contributed by atoms with Gasteiger partial charge in [0.15, 0.2) is 5.75 Å². The van der Waals surface area contributed by atoms with Crippen LogP contribution >= 0.6 is 0 Å². The van der Waals surface area contributed by atoms with Crippen LogP contribution in [0.25, 0.3) is 0 Å². The lowest BCUT2D eigenvalue weighted by Crippen LogP contribution is -2.14. The first kappa shape index (κ1) is 28.3. The highest BCUT2D eigenvalue weighted by atomic mass is 32.2. The Bertz CT molecular complexity index is 1610. The summed E-state index contributed by atoms with van der Waals surface area (Å²) in [6, 6.07) is 20.8. The van der Waals surface area contributed by atoms with E-state index < -0.39 is 21.8 Å². The molecular formula is C28H22O11S. The number of sulfone groups is 1. The molecule has 0 saturated heterocycles. The molecule has 0 heterocycles. The molecule has 4 aromatic rings. The van der Waals surface area contributed by atoms with Crippen LogP contribution in [0, 0.1) is 0 Å². The SMILES string of the molecule is O=C(O)c1ccc(O)cc1C(=O)Oc1ccc(S(=O)(=O)c2ccc(OOCc3ccccc3COO)cc2)cc1. The molecule has 3 N–H and O–H groups in total. The van der Waals surface area contributed by atoms with Crippen molar-refractivity contribution in [1.82, 2.24) is 0 Å². The van der Waals surface area contributed by atoms with Gasteiger partial charge in [-0.25, -0.2) is 22.9 Å². The summed E-state index contributed by atoms with van der Waals surface area (Å²) in [6.07, 6.45) is 0. The summed E-state index contributed by atoms with van der Waals surface area (Å²) >= 11 is 0. The number of hydrogen-bond acceptors (Lipinski definition) is 10. The van der Waals surface area contributed by atoms with Crippen LogP contribution < -0.4 is 9.62 Å². The van der Waals surface area contributed by atoms with E-state index >= 15 is 0 Å². The summed E-state index contributed by atoms with van der Waals surface area (Å²) < 4.78 is 31.3. The predicted molar refractivity (Wildman–Crippen MR) is 138 cm³/mol. The first-order valence-corrected chi connectivity index (χ1v) is 13.0. The minimum Gasteiger partial charge on any atom is -0.508 e. The Morgan fingerprint density at radius 2 is 1.30 bits per heavy atom. The minimum absolute atomic E-state index is 0.0151. The number of phenols is 1. The van der Waals surface area contributed by atoms with Crippen molar-refractivity contribution in [3.05, 3.63) is 113 Å². The topological polar surface area (TPSA) is 166 Å². The van der Waals surface area contributed by atoms with E-state index in [1.54, 1.807) is 24.3 Å². The number of benzene rings is 4. The van der Waals surface area contributed by atoms with E-state index in [1.165, 1.54) is 48.5 Å². The molecule has 4 aromatic carbocycles. The average Bonchev–Trinajstić information content (AvgIpc) is 2.94. The molecule has 0 aliphatic carbocycles. The number of carboxylic acid groups (broad SMARTS) is 1. The minimum atomic E-state index is -3.94. The fourth-order valence-corrected chi connectivity index (χ4v) is 4.88. The lowest BCUT2D eigenvalue weighted by atomic mass is 10.1. The highest BCUT2D eigenvalue weighted by Gasteiger charge is 2.21. The Morgan fingerprint density at radius 1 is 0.725 bits per heavy atom. The summed E-state index contributed by atoms with van der Waals surface area (Å²) in [5.74, 6) is -2.51. The van der Waals surface area contributed by atoms with Crippen LogP contribution in [0.5, 0.6) is 17.2 Å². The van der Waals surface area contributed by atoms with Gasteiger partial charge in [0.2, 0.25) is 9.84 Å². The van der Waals surface area contributed by atoms with Crippen molar-refractivity contribution in [2.45, 2.75) is 23.0 Å². The highest BCUT2D eigenvalue weighted by Crippen LogP contribution is 2.26. The van der Waals surface area contributed by atoms with E-state index in [0.717, 1.165) is 23.8 Å². The molecule has 0 spiro atoms. The van der Waals surface area contributed by atoms with E-state index in [2.05, 4.69) is 4.89 Å². The summed E-state index contributed by atoms with van der Waals surface area (Å²) in [5, 5.41) is 27.5. The molecule has 40 heavy (non-hydrogen) atoms. The van der Waals surface area contributed by atoms with Crippen LogP contribution in [-0.2, 0) is 32.8 Å². The molecule has 0 bridgehead atoms. The Balaban J connectivity index is 1.40. The molecule has 11 nitrogen and oxygen atoms in total. The number of aromatic carboxylic acids is 1. The molecule has 206 valence electrons. The number of carboxylic acids is 1. The smallest absolute Gasteiger partial charge is 0.344 e. The van der Waals surface area contributed by atoms with Gasteiger partial charge in [-0.05, 0) is 77.9 Å². The zero-order valence-electron chi connectivity index (χ0n) is 20.6. The van der Waals surface area contributed by atoms with Gasteiger partial charge < -0.3 is 19.8 Å². The third kappa shape index (κ3) is 6.62. The first-order valence-electron chi connectivity index (χ1n) is 11.6. The maximum Gasteiger partial charge on any atom is 0.344 e. The molecule has 0 aliphatic heterocycles. The predicted octanol–water partition coefficient (Wildman–Crippen LogP) is 4.64. The number of rotatable bonds is 11. The van der Waals surface area contributed by atoms with Gasteiger partial charge in [-0.1, -0.05) is 24.3 Å². The normalized spacial score (nSPS) is 11.1. The third-order valence-corrected chi connectivity index (χ3v) is 7.43. The van der Waals surface area contributed by atoms with Crippen LogP contribution in [0.1, 0.15) is 31.8 Å². The number of phenolic OH excluding ortho intramolecular Hbond substituents is 1. The van der Waals surface area contributed by atoms with Crippen molar-refractivity contribution >= 4 is 21.8 Å². The van der Waals surface area contributed by atoms with Crippen molar-refractivity contribution < 1.29 is 52.9 Å². The molecule has 0 fully saturated rings. The molecule has 0 unspecified atom stereocenters. The molecule has 0 radical (unpaired) electrons. The summed E-state index contributed by atoms with van der Waals surface area (Å²) in [4.78, 5) is 38.4. The third-order valence-electron chi connectivity index (χ3n) is 5.64. The molecule has 4 rings (SSSR count). The lowest BCUT2D eigenvalue weighted by Gasteiger charge is -2.10. The number of carbonyl (C=O) groups is 2. The Kier molecular flexibility index (Phi) is 8.76. The average molecular weight is 567 g/mol. The van der Waals surface area contributed by atoms with Gasteiger partial charge in [0, 0.05) is 0 Å². The number of esters is 1. The number of ether oxygens (including phenoxy) is 1. The molecular weight excluding hydrogens is 544 g/mol. The van der Waals surface area contributed by atoms with Crippen molar-refractivity contribution in [3.63, 3.8) is 0 Å². The standard InChI is InChI=1S/C28H22O11S/c29-20-5-14-25(27(30)31)26(15-20)28(32)38-21-6-10-23(11-7-21)40(34,35)24-12-8-22(9-13-24)39-37-17-19-4-2-1-3-18(19)16-36-33/h1-15,29,33H,16-17H2,(H,30,31). The van der Waals surface area contributed by atoms with Crippen molar-refractivity contribution in [2.75, 3.05) is 0 Å².